The Labute approximate surface area is 353 Å². The molecule has 12 rings (SSSR count). The van der Waals surface area contributed by atoms with Gasteiger partial charge in [0.05, 0.1) is 16.7 Å². The molecule has 2 aromatic heterocycles. The molecule has 0 unspecified atom stereocenters. The first-order valence-electron chi connectivity index (χ1n) is 20.8. The van der Waals surface area contributed by atoms with Crippen LogP contribution in [-0.2, 0) is 0 Å². The Morgan fingerprint density at radius 3 is 1.51 bits per heavy atom. The molecule has 3 heteroatoms. The molecular weight excluding hydrogens is 741 g/mol. The molecule has 0 N–H and O–H groups in total. The van der Waals surface area contributed by atoms with Crippen LogP contribution in [0.3, 0.4) is 0 Å². The second-order valence-corrected chi connectivity index (χ2v) is 15.7. The SMILES string of the molecule is c1ccc(-c2ccc(N(c3ccc(-c4ccccc4)cc3)c3ccc4c(c3)c3c(-c5ccccc5)c5c(cc3n4-c3cccc4ccccc34)oc3ccccc35)cc2)cc1. The van der Waals surface area contributed by atoms with Crippen LogP contribution in [0.5, 0.6) is 0 Å². The number of anilines is 3. The van der Waals surface area contributed by atoms with E-state index in [-0.39, 0.29) is 0 Å². The highest BCUT2D eigenvalue weighted by molar-refractivity contribution is 6.27. The van der Waals surface area contributed by atoms with Crippen molar-refractivity contribution < 1.29 is 4.42 Å². The van der Waals surface area contributed by atoms with Gasteiger partial charge in [0.15, 0.2) is 0 Å². The van der Waals surface area contributed by atoms with E-state index in [1.165, 1.54) is 49.4 Å². The first-order valence-corrected chi connectivity index (χ1v) is 20.8. The summed E-state index contributed by atoms with van der Waals surface area (Å²) in [5.41, 5.74) is 15.4. The summed E-state index contributed by atoms with van der Waals surface area (Å²) in [6, 6.07) is 82.9. The fourth-order valence-corrected chi connectivity index (χ4v) is 9.38. The van der Waals surface area contributed by atoms with Gasteiger partial charge in [-0.25, -0.2) is 0 Å². The molecule has 0 bridgehead atoms. The van der Waals surface area contributed by atoms with Crippen molar-refractivity contribution in [1.29, 1.82) is 0 Å². The highest BCUT2D eigenvalue weighted by Gasteiger charge is 2.25. The minimum atomic E-state index is 0.871. The van der Waals surface area contributed by atoms with Crippen LogP contribution in [0.25, 0.3) is 93.6 Å². The predicted octanol–water partition coefficient (Wildman–Crippen LogP) is 16.3. The van der Waals surface area contributed by atoms with Crippen LogP contribution >= 0.6 is 0 Å². The van der Waals surface area contributed by atoms with Crippen LogP contribution in [0.4, 0.5) is 17.1 Å². The number of hydrogen-bond donors (Lipinski definition) is 0. The summed E-state index contributed by atoms with van der Waals surface area (Å²) >= 11 is 0. The van der Waals surface area contributed by atoms with E-state index in [0.29, 0.717) is 0 Å². The van der Waals surface area contributed by atoms with Gasteiger partial charge in [0.2, 0.25) is 0 Å². The van der Waals surface area contributed by atoms with E-state index in [2.05, 4.69) is 240 Å². The number of aromatic nitrogens is 1. The highest BCUT2D eigenvalue weighted by atomic mass is 16.3. The fraction of sp³-hybridized carbons (Fsp3) is 0. The lowest BCUT2D eigenvalue weighted by molar-refractivity contribution is 0.669. The Hall–Kier alpha value is -8.14. The molecule has 0 aliphatic rings. The standard InChI is InChI=1S/C58H38N2O/c1-4-15-39(16-5-1)41-27-31-45(32-28-41)59(46-33-29-42(30-34-46)40-17-6-2-7-18-40)47-35-36-52-50(37-47)57-53(60(52)51-25-14-22-43-19-10-11-23-48(43)51)38-55-58(49-24-12-13-26-54(49)61-55)56(57)44-20-8-3-9-21-44/h1-38H. The molecule has 12 aromatic rings. The van der Waals surface area contributed by atoms with Gasteiger partial charge in [-0.2, -0.15) is 0 Å². The summed E-state index contributed by atoms with van der Waals surface area (Å²) in [5, 5.41) is 6.98. The second-order valence-electron chi connectivity index (χ2n) is 15.7. The number of hydrogen-bond acceptors (Lipinski definition) is 2. The Morgan fingerprint density at radius 2 is 0.852 bits per heavy atom. The molecule has 0 aliphatic heterocycles. The summed E-state index contributed by atoms with van der Waals surface area (Å²) in [6.07, 6.45) is 0. The summed E-state index contributed by atoms with van der Waals surface area (Å²) in [7, 11) is 0. The summed E-state index contributed by atoms with van der Waals surface area (Å²) < 4.78 is 9.18. The quantitative estimate of drug-likeness (QED) is 0.161. The Bertz CT molecular complexity index is 3460. The van der Waals surface area contributed by atoms with Crippen molar-refractivity contribution in [3.05, 3.63) is 231 Å². The van der Waals surface area contributed by atoms with Crippen molar-refractivity contribution in [2.75, 3.05) is 4.90 Å². The molecule has 0 radical (unpaired) electrons. The first-order chi connectivity index (χ1) is 30.3. The van der Waals surface area contributed by atoms with Gasteiger partial charge in [0, 0.05) is 55.6 Å². The van der Waals surface area contributed by atoms with Crippen LogP contribution in [0.15, 0.2) is 235 Å². The molecular formula is C58H38N2O. The van der Waals surface area contributed by atoms with E-state index in [1.54, 1.807) is 0 Å². The van der Waals surface area contributed by atoms with Gasteiger partial charge in [-0.1, -0.05) is 170 Å². The van der Waals surface area contributed by atoms with Crippen molar-refractivity contribution in [2.45, 2.75) is 0 Å². The van der Waals surface area contributed by atoms with Crippen LogP contribution in [-0.4, -0.2) is 4.57 Å². The number of nitrogens with zero attached hydrogens (tertiary/aromatic N) is 2. The third kappa shape index (κ3) is 5.82. The monoisotopic (exact) mass is 778 g/mol. The third-order valence-electron chi connectivity index (χ3n) is 12.2. The number of benzene rings is 10. The van der Waals surface area contributed by atoms with Gasteiger partial charge < -0.3 is 13.9 Å². The molecule has 2 heterocycles. The number of fused-ring (bicyclic) bond motifs is 7. The van der Waals surface area contributed by atoms with Crippen molar-refractivity contribution in [3.63, 3.8) is 0 Å². The Kier molecular flexibility index (Phi) is 8.17. The largest absolute Gasteiger partial charge is 0.456 e. The third-order valence-corrected chi connectivity index (χ3v) is 12.2. The number of para-hydroxylation sites is 1. The lowest BCUT2D eigenvalue weighted by atomic mass is 9.94. The average Bonchev–Trinajstić information content (AvgIpc) is 3.87. The van der Waals surface area contributed by atoms with Crippen LogP contribution in [0.2, 0.25) is 0 Å². The van der Waals surface area contributed by atoms with E-state index in [1.807, 2.05) is 0 Å². The first kappa shape index (κ1) is 34.9. The Morgan fingerprint density at radius 1 is 0.328 bits per heavy atom. The summed E-state index contributed by atoms with van der Waals surface area (Å²) in [4.78, 5) is 2.39. The van der Waals surface area contributed by atoms with Crippen LogP contribution in [0.1, 0.15) is 0 Å². The molecule has 3 nitrogen and oxygen atoms in total. The molecule has 0 atom stereocenters. The van der Waals surface area contributed by atoms with Gasteiger partial charge in [0.25, 0.3) is 0 Å². The van der Waals surface area contributed by atoms with Crippen molar-refractivity contribution in [1.82, 2.24) is 4.57 Å². The zero-order chi connectivity index (χ0) is 40.3. The summed E-state index contributed by atoms with van der Waals surface area (Å²) in [6.45, 7) is 0. The normalized spacial score (nSPS) is 11.6. The van der Waals surface area contributed by atoms with E-state index in [9.17, 15) is 0 Å². The lowest BCUT2D eigenvalue weighted by Crippen LogP contribution is -2.10. The smallest absolute Gasteiger partial charge is 0.138 e. The van der Waals surface area contributed by atoms with Gasteiger partial charge >= 0.3 is 0 Å². The average molecular weight is 779 g/mol. The molecule has 10 aromatic carbocycles. The van der Waals surface area contributed by atoms with Crippen molar-refractivity contribution in [3.8, 4) is 39.1 Å². The lowest BCUT2D eigenvalue weighted by Gasteiger charge is -2.26. The topological polar surface area (TPSA) is 21.3 Å². The molecule has 0 saturated carbocycles. The van der Waals surface area contributed by atoms with E-state index in [0.717, 1.165) is 61.3 Å². The number of furan rings is 1. The zero-order valence-corrected chi connectivity index (χ0v) is 33.2. The van der Waals surface area contributed by atoms with E-state index >= 15 is 0 Å². The minimum absolute atomic E-state index is 0.871. The summed E-state index contributed by atoms with van der Waals surface area (Å²) in [5.74, 6) is 0. The van der Waals surface area contributed by atoms with E-state index in [4.69, 9.17) is 4.42 Å². The maximum Gasteiger partial charge on any atom is 0.138 e. The zero-order valence-electron chi connectivity index (χ0n) is 33.2. The van der Waals surface area contributed by atoms with Crippen molar-refractivity contribution in [2.24, 2.45) is 0 Å². The molecule has 0 fully saturated rings. The van der Waals surface area contributed by atoms with Crippen molar-refractivity contribution >= 4 is 71.6 Å². The van der Waals surface area contributed by atoms with E-state index < -0.39 is 0 Å². The minimum Gasteiger partial charge on any atom is -0.456 e. The fourth-order valence-electron chi connectivity index (χ4n) is 9.38. The molecule has 0 amide bonds. The Balaban J connectivity index is 1.16. The molecule has 61 heavy (non-hydrogen) atoms. The molecule has 286 valence electrons. The maximum atomic E-state index is 6.74. The van der Waals surface area contributed by atoms with Crippen LogP contribution < -0.4 is 4.90 Å². The van der Waals surface area contributed by atoms with Gasteiger partial charge in [-0.3, -0.25) is 0 Å². The van der Waals surface area contributed by atoms with Gasteiger partial charge in [-0.05, 0) is 87.8 Å². The molecule has 0 aliphatic carbocycles. The number of rotatable bonds is 7. The highest BCUT2D eigenvalue weighted by Crippen LogP contribution is 2.48. The van der Waals surface area contributed by atoms with Gasteiger partial charge in [-0.15, -0.1) is 0 Å². The second kappa shape index (κ2) is 14.3. The maximum absolute atomic E-state index is 6.74. The van der Waals surface area contributed by atoms with Crippen LogP contribution in [0, 0.1) is 0 Å². The predicted molar refractivity (Wildman–Crippen MR) is 257 cm³/mol. The molecule has 0 spiro atoms. The molecule has 0 saturated heterocycles. The van der Waals surface area contributed by atoms with Gasteiger partial charge in [0.1, 0.15) is 11.2 Å².